The summed E-state index contributed by atoms with van der Waals surface area (Å²) in [4.78, 5) is 21.8. The van der Waals surface area contributed by atoms with Crippen LogP contribution >= 0.6 is 11.8 Å². The maximum absolute atomic E-state index is 14.2. The maximum Gasteiger partial charge on any atom is 0.305 e. The predicted molar refractivity (Wildman–Crippen MR) is 83.0 cm³/mol. The molecule has 1 aromatic rings. The average molecular weight is 343 g/mol. The number of anilines is 1. The number of nitrogens with zero attached hydrogens (tertiary/aromatic N) is 3. The molecule has 0 amide bonds. The van der Waals surface area contributed by atoms with Crippen LogP contribution in [0, 0.1) is 5.92 Å². The standard InChI is InChI=1S/C15H19F2N3O2S/c1-22-11(21)6-9-7-20(8-9)13-10-4-3-5-15(16,17)12(10)18-14(19-13)23-2/h9H,3-8H2,1-2H3. The van der Waals surface area contributed by atoms with Gasteiger partial charge in [-0.25, -0.2) is 9.97 Å². The first kappa shape index (κ1) is 16.4. The molecular weight excluding hydrogens is 324 g/mol. The second-order valence-corrected chi connectivity index (χ2v) is 6.74. The molecule has 0 spiro atoms. The van der Waals surface area contributed by atoms with Crippen molar-refractivity contribution in [3.8, 4) is 0 Å². The van der Waals surface area contributed by atoms with Gasteiger partial charge in [0, 0.05) is 31.0 Å². The van der Waals surface area contributed by atoms with Crippen LogP contribution in [0.5, 0.6) is 0 Å². The van der Waals surface area contributed by atoms with Crippen molar-refractivity contribution in [1.82, 2.24) is 9.97 Å². The number of carbonyl (C=O) groups is 1. The van der Waals surface area contributed by atoms with Gasteiger partial charge in [0.15, 0.2) is 5.16 Å². The molecule has 8 heteroatoms. The fourth-order valence-electron chi connectivity index (χ4n) is 3.13. The summed E-state index contributed by atoms with van der Waals surface area (Å²) in [7, 11) is 1.37. The number of thioether (sulfide) groups is 1. The van der Waals surface area contributed by atoms with Gasteiger partial charge in [-0.05, 0) is 19.1 Å². The lowest BCUT2D eigenvalue weighted by molar-refractivity contribution is -0.141. The Morgan fingerprint density at radius 3 is 2.83 bits per heavy atom. The number of hydrogen-bond acceptors (Lipinski definition) is 6. The van der Waals surface area contributed by atoms with E-state index in [1.54, 1.807) is 6.26 Å². The molecule has 5 nitrogen and oxygen atoms in total. The Morgan fingerprint density at radius 2 is 2.17 bits per heavy atom. The van der Waals surface area contributed by atoms with Crippen molar-refractivity contribution in [2.75, 3.05) is 31.4 Å². The van der Waals surface area contributed by atoms with Gasteiger partial charge >= 0.3 is 5.97 Å². The van der Waals surface area contributed by atoms with Crippen LogP contribution < -0.4 is 4.90 Å². The van der Waals surface area contributed by atoms with E-state index in [1.807, 2.05) is 4.90 Å². The molecule has 0 saturated carbocycles. The molecule has 1 aromatic heterocycles. The molecule has 0 unspecified atom stereocenters. The summed E-state index contributed by atoms with van der Waals surface area (Å²) >= 11 is 1.27. The molecule has 2 heterocycles. The Labute approximate surface area is 137 Å². The van der Waals surface area contributed by atoms with Crippen LogP contribution in [-0.2, 0) is 21.9 Å². The van der Waals surface area contributed by atoms with E-state index in [2.05, 4.69) is 14.7 Å². The third-order valence-corrected chi connectivity index (χ3v) is 4.90. The zero-order chi connectivity index (χ0) is 16.6. The second-order valence-electron chi connectivity index (χ2n) is 5.97. The van der Waals surface area contributed by atoms with Gasteiger partial charge in [0.25, 0.3) is 5.92 Å². The largest absolute Gasteiger partial charge is 0.469 e. The quantitative estimate of drug-likeness (QED) is 0.476. The summed E-state index contributed by atoms with van der Waals surface area (Å²) in [5.41, 5.74) is 0.449. The molecule has 0 bridgehead atoms. The van der Waals surface area contributed by atoms with Gasteiger partial charge in [-0.3, -0.25) is 4.79 Å². The molecule has 0 radical (unpaired) electrons. The number of hydrogen-bond donors (Lipinski definition) is 0. The predicted octanol–water partition coefficient (Wildman–Crippen LogP) is 2.63. The molecule has 0 N–H and O–H groups in total. The minimum absolute atomic E-state index is 0.116. The number of ether oxygens (including phenoxy) is 1. The normalized spacial score (nSPS) is 19.9. The van der Waals surface area contributed by atoms with Crippen LogP contribution in [0.2, 0.25) is 0 Å². The first-order valence-electron chi connectivity index (χ1n) is 7.59. The van der Waals surface area contributed by atoms with E-state index < -0.39 is 5.92 Å². The van der Waals surface area contributed by atoms with E-state index in [-0.39, 0.29) is 24.0 Å². The first-order chi connectivity index (χ1) is 10.9. The molecule has 0 aromatic carbocycles. The third-order valence-electron chi connectivity index (χ3n) is 4.35. The highest BCUT2D eigenvalue weighted by Crippen LogP contribution is 2.43. The topological polar surface area (TPSA) is 55.3 Å². The summed E-state index contributed by atoms with van der Waals surface area (Å²) in [6.07, 6.45) is 2.99. The highest BCUT2D eigenvalue weighted by atomic mass is 32.2. The van der Waals surface area contributed by atoms with Crippen molar-refractivity contribution in [3.63, 3.8) is 0 Å². The smallest absolute Gasteiger partial charge is 0.305 e. The second kappa shape index (κ2) is 6.22. The number of rotatable bonds is 4. The summed E-state index contributed by atoms with van der Waals surface area (Å²) in [6.45, 7) is 1.27. The van der Waals surface area contributed by atoms with Crippen LogP contribution in [0.15, 0.2) is 5.16 Å². The van der Waals surface area contributed by atoms with E-state index in [9.17, 15) is 13.6 Å². The van der Waals surface area contributed by atoms with Crippen molar-refractivity contribution in [2.45, 2.75) is 36.8 Å². The molecule has 1 fully saturated rings. The molecule has 1 saturated heterocycles. The minimum Gasteiger partial charge on any atom is -0.469 e. The first-order valence-corrected chi connectivity index (χ1v) is 8.82. The van der Waals surface area contributed by atoms with Gasteiger partial charge in [-0.15, -0.1) is 0 Å². The van der Waals surface area contributed by atoms with Gasteiger partial charge in [-0.1, -0.05) is 11.8 Å². The van der Waals surface area contributed by atoms with Gasteiger partial charge < -0.3 is 9.64 Å². The summed E-state index contributed by atoms with van der Waals surface area (Å²) in [6, 6.07) is 0. The Kier molecular flexibility index (Phi) is 4.44. The molecular formula is C15H19F2N3O2S. The van der Waals surface area contributed by atoms with Crippen LogP contribution in [0.3, 0.4) is 0 Å². The van der Waals surface area contributed by atoms with Crippen molar-refractivity contribution < 1.29 is 18.3 Å². The van der Waals surface area contributed by atoms with Crippen molar-refractivity contribution in [3.05, 3.63) is 11.3 Å². The van der Waals surface area contributed by atoms with Crippen molar-refractivity contribution in [1.29, 1.82) is 0 Å². The Morgan fingerprint density at radius 1 is 1.43 bits per heavy atom. The average Bonchev–Trinajstić information content (AvgIpc) is 2.49. The van der Waals surface area contributed by atoms with E-state index in [0.29, 0.717) is 48.9 Å². The Balaban J connectivity index is 1.85. The van der Waals surface area contributed by atoms with Gasteiger partial charge in [0.05, 0.1) is 13.5 Å². The summed E-state index contributed by atoms with van der Waals surface area (Å²) in [5, 5.41) is 0.372. The maximum atomic E-state index is 14.2. The molecule has 23 heavy (non-hydrogen) atoms. The van der Waals surface area contributed by atoms with E-state index in [1.165, 1.54) is 18.9 Å². The van der Waals surface area contributed by atoms with Crippen LogP contribution in [0.25, 0.3) is 0 Å². The number of aromatic nitrogens is 2. The SMILES string of the molecule is COC(=O)CC1CN(c2nc(SC)nc3c2CCCC3(F)F)C1. The zero-order valence-electron chi connectivity index (χ0n) is 13.1. The number of fused-ring (bicyclic) bond motifs is 1. The number of esters is 1. The van der Waals surface area contributed by atoms with E-state index in [0.717, 1.165) is 0 Å². The number of alkyl halides is 2. The van der Waals surface area contributed by atoms with E-state index >= 15 is 0 Å². The molecule has 1 aliphatic carbocycles. The number of methoxy groups -OCH3 is 1. The monoisotopic (exact) mass is 343 g/mol. The molecule has 0 atom stereocenters. The van der Waals surface area contributed by atoms with Crippen molar-refractivity contribution >= 4 is 23.5 Å². The highest BCUT2D eigenvalue weighted by Gasteiger charge is 2.42. The number of carbonyl (C=O) groups excluding carboxylic acids is 1. The van der Waals surface area contributed by atoms with Crippen LogP contribution in [0.4, 0.5) is 14.6 Å². The van der Waals surface area contributed by atoms with Gasteiger partial charge in [0.1, 0.15) is 11.5 Å². The Bertz CT molecular complexity index is 621. The molecule has 126 valence electrons. The molecule has 3 rings (SSSR count). The van der Waals surface area contributed by atoms with Crippen LogP contribution in [-0.4, -0.2) is 42.4 Å². The van der Waals surface area contributed by atoms with Gasteiger partial charge in [-0.2, -0.15) is 8.78 Å². The fraction of sp³-hybridized carbons (Fsp3) is 0.667. The summed E-state index contributed by atoms with van der Waals surface area (Å²) < 4.78 is 33.1. The molecule has 1 aliphatic heterocycles. The zero-order valence-corrected chi connectivity index (χ0v) is 14.0. The Hall–Kier alpha value is -1.44. The van der Waals surface area contributed by atoms with Crippen LogP contribution in [0.1, 0.15) is 30.5 Å². The summed E-state index contributed by atoms with van der Waals surface area (Å²) in [5.74, 6) is -2.32. The lowest BCUT2D eigenvalue weighted by atomic mass is 9.90. The lowest BCUT2D eigenvalue weighted by Gasteiger charge is -2.41. The lowest BCUT2D eigenvalue weighted by Crippen LogP contribution is -2.49. The minimum atomic E-state index is -2.88. The van der Waals surface area contributed by atoms with Crippen molar-refractivity contribution in [2.24, 2.45) is 5.92 Å². The third kappa shape index (κ3) is 3.13. The highest BCUT2D eigenvalue weighted by molar-refractivity contribution is 7.98. The fourth-order valence-corrected chi connectivity index (χ4v) is 3.49. The van der Waals surface area contributed by atoms with E-state index in [4.69, 9.17) is 0 Å². The number of halogens is 2. The van der Waals surface area contributed by atoms with Gasteiger partial charge in [0.2, 0.25) is 0 Å². The molecule has 2 aliphatic rings.